The van der Waals surface area contributed by atoms with Crippen molar-refractivity contribution in [2.75, 3.05) is 232 Å². The summed E-state index contributed by atoms with van der Waals surface area (Å²) < 4.78 is 92.6. The van der Waals surface area contributed by atoms with Crippen molar-refractivity contribution in [1.29, 1.82) is 0 Å². The quantitative estimate of drug-likeness (QED) is 0.0612. The Bertz CT molecular complexity index is 1880. The lowest BCUT2D eigenvalue weighted by atomic mass is 10.0. The zero-order valence-electron chi connectivity index (χ0n) is 47.0. The molecule has 2 aromatic rings. The molecule has 460 valence electrons. The molecule has 0 bridgehead atoms. The van der Waals surface area contributed by atoms with Gasteiger partial charge in [-0.3, -0.25) is 24.1 Å². The van der Waals surface area contributed by atoms with E-state index in [1.54, 1.807) is 55.6 Å². The zero-order chi connectivity index (χ0) is 57.9. The predicted octanol–water partition coefficient (Wildman–Crippen LogP) is 0.875. The number of carboxylic acids is 1. The number of hydrogen-bond donors (Lipinski definition) is 3. The summed E-state index contributed by atoms with van der Waals surface area (Å²) >= 11 is 0. The standard InChI is InChI=1S/C55H87N3O23/c1-65-16-17-69-24-25-73-30-31-75-34-35-77-38-39-79-42-43-80-41-40-78-37-36-76-33-32-74-29-27-71-22-19-67-14-11-56-53(62)50(44-46-6-8-47(9-7-46)81-45-52(60)61)57-51(59)10-13-66-18-21-70-26-28-72-23-20-68-15-12-58-54(63)48-4-2-3-5-49(48)55(58)64/h2-9,50H,10-45H2,1H3,(H,56,62)(H,57,59)(H,60,61)/t50-/m0/s1. The summed E-state index contributed by atoms with van der Waals surface area (Å²) in [6, 6.07) is 12.4. The number of carboxylic acid groups (broad SMARTS) is 1. The first-order chi connectivity index (χ1) is 39.8. The third-order valence-electron chi connectivity index (χ3n) is 11.0. The van der Waals surface area contributed by atoms with Gasteiger partial charge in [-0.2, -0.15) is 0 Å². The average molecular weight is 1160 g/mol. The van der Waals surface area contributed by atoms with Gasteiger partial charge in [0.05, 0.1) is 222 Å². The van der Waals surface area contributed by atoms with E-state index >= 15 is 0 Å². The van der Waals surface area contributed by atoms with Crippen LogP contribution in [-0.2, 0) is 96.6 Å². The van der Waals surface area contributed by atoms with Crippen molar-refractivity contribution >= 4 is 29.6 Å². The highest BCUT2D eigenvalue weighted by molar-refractivity contribution is 6.21. The average Bonchev–Trinajstić information content (AvgIpc) is 3.73. The summed E-state index contributed by atoms with van der Waals surface area (Å²) in [6.07, 6.45) is 0.155. The molecule has 0 saturated carbocycles. The molecule has 2 aromatic carbocycles. The first-order valence-electron chi connectivity index (χ1n) is 27.4. The van der Waals surface area contributed by atoms with E-state index in [4.69, 9.17) is 85.6 Å². The number of ether oxygens (including phenoxy) is 17. The van der Waals surface area contributed by atoms with Crippen LogP contribution in [-0.4, -0.2) is 277 Å². The van der Waals surface area contributed by atoms with Gasteiger partial charge in [0.2, 0.25) is 11.8 Å². The molecule has 3 N–H and O–H groups in total. The Balaban J connectivity index is 1.09. The smallest absolute Gasteiger partial charge is 0.341 e. The minimum Gasteiger partial charge on any atom is -0.482 e. The second kappa shape index (κ2) is 49.7. The van der Waals surface area contributed by atoms with Crippen molar-refractivity contribution in [2.24, 2.45) is 0 Å². The number of amides is 4. The van der Waals surface area contributed by atoms with Crippen LogP contribution in [0.3, 0.4) is 0 Å². The van der Waals surface area contributed by atoms with Gasteiger partial charge in [0.25, 0.3) is 11.8 Å². The second-order valence-electron chi connectivity index (χ2n) is 17.2. The van der Waals surface area contributed by atoms with Crippen molar-refractivity contribution in [1.82, 2.24) is 15.5 Å². The maximum Gasteiger partial charge on any atom is 0.341 e. The molecule has 26 nitrogen and oxygen atoms in total. The van der Waals surface area contributed by atoms with Crippen molar-refractivity contribution < 1.29 is 110 Å². The van der Waals surface area contributed by atoms with Crippen LogP contribution in [0.15, 0.2) is 48.5 Å². The molecule has 0 aromatic heterocycles. The molecular formula is C55H87N3O23. The number of nitrogens with zero attached hydrogens (tertiary/aromatic N) is 1. The highest BCUT2D eigenvalue weighted by atomic mass is 16.6. The number of carbonyl (C=O) groups excluding carboxylic acids is 4. The molecule has 1 heterocycles. The van der Waals surface area contributed by atoms with Crippen LogP contribution in [0, 0.1) is 0 Å². The highest BCUT2D eigenvalue weighted by Gasteiger charge is 2.34. The largest absolute Gasteiger partial charge is 0.482 e. The van der Waals surface area contributed by atoms with E-state index in [1.165, 1.54) is 4.90 Å². The molecule has 81 heavy (non-hydrogen) atoms. The molecule has 0 saturated heterocycles. The normalized spacial score (nSPS) is 12.5. The van der Waals surface area contributed by atoms with Crippen LogP contribution < -0.4 is 15.4 Å². The molecule has 4 amide bonds. The van der Waals surface area contributed by atoms with Crippen LogP contribution in [0.25, 0.3) is 0 Å². The summed E-state index contributed by atoms with van der Waals surface area (Å²) in [5, 5.41) is 14.5. The lowest BCUT2D eigenvalue weighted by Gasteiger charge is -2.19. The van der Waals surface area contributed by atoms with Crippen LogP contribution in [0.5, 0.6) is 5.75 Å². The van der Waals surface area contributed by atoms with Gasteiger partial charge in [-0.15, -0.1) is 0 Å². The fourth-order valence-corrected chi connectivity index (χ4v) is 6.92. The maximum absolute atomic E-state index is 13.3. The molecule has 1 aliphatic rings. The fraction of sp³-hybridized carbons (Fsp3) is 0.691. The number of fused-ring (bicyclic) bond motifs is 1. The van der Waals surface area contributed by atoms with E-state index in [0.29, 0.717) is 188 Å². The molecule has 0 radical (unpaired) electrons. The van der Waals surface area contributed by atoms with Gasteiger partial charge in [0.15, 0.2) is 6.61 Å². The number of imide groups is 1. The Morgan fingerprint density at radius 2 is 0.802 bits per heavy atom. The minimum absolute atomic E-state index is 0.00141. The number of carbonyl (C=O) groups is 5. The number of rotatable bonds is 58. The van der Waals surface area contributed by atoms with E-state index in [1.807, 2.05) is 0 Å². The SMILES string of the molecule is COCCOCCOCCOCCOCCOCCOCCOCCOCCOCCOCCOCCNC(=O)[C@H](Cc1ccc(OCC(=O)O)cc1)NC(=O)CCOCCOCCOCCOCCN1C(=O)c2ccccc2C1=O. The first kappa shape index (κ1) is 70.4. The first-order valence-corrected chi connectivity index (χ1v) is 27.4. The van der Waals surface area contributed by atoms with Gasteiger partial charge in [0, 0.05) is 26.5 Å². The topological polar surface area (TPSA) is 290 Å². The van der Waals surface area contributed by atoms with Crippen molar-refractivity contribution in [3.05, 3.63) is 65.2 Å². The molecule has 1 atom stereocenters. The van der Waals surface area contributed by atoms with Crippen LogP contribution in [0.1, 0.15) is 32.7 Å². The Labute approximate surface area is 475 Å². The number of hydrogen-bond acceptors (Lipinski definition) is 22. The summed E-state index contributed by atoms with van der Waals surface area (Å²) in [6.45, 7) is 12.2. The van der Waals surface area contributed by atoms with Gasteiger partial charge in [-0.1, -0.05) is 24.3 Å². The fourth-order valence-electron chi connectivity index (χ4n) is 6.92. The summed E-state index contributed by atoms with van der Waals surface area (Å²) in [7, 11) is 1.63. The summed E-state index contributed by atoms with van der Waals surface area (Å²) in [5.74, 6) is -2.20. The minimum atomic E-state index is -1.11. The van der Waals surface area contributed by atoms with E-state index in [-0.39, 0.29) is 77.4 Å². The molecule has 0 fully saturated rings. The molecule has 0 aliphatic carbocycles. The summed E-state index contributed by atoms with van der Waals surface area (Å²) in [4.78, 5) is 63.1. The van der Waals surface area contributed by atoms with Gasteiger partial charge < -0.3 is 96.3 Å². The van der Waals surface area contributed by atoms with Gasteiger partial charge in [-0.25, -0.2) is 4.79 Å². The maximum atomic E-state index is 13.3. The van der Waals surface area contributed by atoms with Crippen LogP contribution in [0.2, 0.25) is 0 Å². The monoisotopic (exact) mass is 1160 g/mol. The third kappa shape index (κ3) is 37.1. The number of aliphatic carboxylic acids is 1. The summed E-state index contributed by atoms with van der Waals surface area (Å²) in [5.41, 5.74) is 1.52. The van der Waals surface area contributed by atoms with Gasteiger partial charge in [0.1, 0.15) is 11.8 Å². The second-order valence-corrected chi connectivity index (χ2v) is 17.2. The Hall–Kier alpha value is -4.85. The third-order valence-corrected chi connectivity index (χ3v) is 11.0. The van der Waals surface area contributed by atoms with E-state index < -0.39 is 30.4 Å². The molecule has 0 spiro atoms. The zero-order valence-corrected chi connectivity index (χ0v) is 47.0. The molecule has 3 rings (SSSR count). The van der Waals surface area contributed by atoms with Crippen molar-refractivity contribution in [3.63, 3.8) is 0 Å². The van der Waals surface area contributed by atoms with Crippen LogP contribution in [0.4, 0.5) is 0 Å². The highest BCUT2D eigenvalue weighted by Crippen LogP contribution is 2.22. The predicted molar refractivity (Wildman–Crippen MR) is 289 cm³/mol. The lowest BCUT2D eigenvalue weighted by molar-refractivity contribution is -0.139. The van der Waals surface area contributed by atoms with Gasteiger partial charge in [-0.05, 0) is 29.8 Å². The number of nitrogens with one attached hydrogen (secondary N) is 2. The Morgan fingerprint density at radius 1 is 0.457 bits per heavy atom. The molecule has 1 aliphatic heterocycles. The molecule has 26 heteroatoms. The van der Waals surface area contributed by atoms with Crippen molar-refractivity contribution in [3.8, 4) is 5.75 Å². The lowest BCUT2D eigenvalue weighted by Crippen LogP contribution is -2.48. The van der Waals surface area contributed by atoms with Gasteiger partial charge >= 0.3 is 5.97 Å². The molecule has 0 unspecified atom stereocenters. The number of methoxy groups -OCH3 is 1. The Kier molecular flexibility index (Phi) is 43.2. The van der Waals surface area contributed by atoms with E-state index in [0.717, 1.165) is 0 Å². The van der Waals surface area contributed by atoms with Crippen molar-refractivity contribution in [2.45, 2.75) is 18.9 Å². The molecular weight excluding hydrogens is 1070 g/mol. The Morgan fingerprint density at radius 3 is 1.17 bits per heavy atom. The van der Waals surface area contributed by atoms with E-state index in [2.05, 4.69) is 10.6 Å². The van der Waals surface area contributed by atoms with Crippen LogP contribution >= 0.6 is 0 Å². The number of benzene rings is 2. The van der Waals surface area contributed by atoms with E-state index in [9.17, 15) is 24.0 Å².